The maximum absolute atomic E-state index is 9.80. The molecule has 0 saturated carbocycles. The molecule has 0 saturated heterocycles. The molecule has 70 valence electrons. The molecule has 0 aliphatic carbocycles. The predicted octanol–water partition coefficient (Wildman–Crippen LogP) is -1.17. The second kappa shape index (κ2) is 3.29. The second-order valence-corrected chi connectivity index (χ2v) is 1.68. The van der Waals surface area contributed by atoms with E-state index in [9.17, 15) is 20.2 Å². The molecule has 0 aromatic carbocycles. The molecule has 1 aromatic heterocycles. The van der Waals surface area contributed by atoms with Crippen molar-refractivity contribution in [2.45, 2.75) is 0 Å². The zero-order valence-electron chi connectivity index (χ0n) is 5.92. The molecule has 0 aliphatic heterocycles. The third kappa shape index (κ3) is 2.57. The van der Waals surface area contributed by atoms with E-state index < -0.39 is 10.1 Å². The number of aromatic nitrogens is 3. The largest absolute Gasteiger partial charge is 0.355 e. The van der Waals surface area contributed by atoms with Crippen LogP contribution in [-0.4, -0.2) is 20.1 Å². The highest BCUT2D eigenvalue weighted by molar-refractivity contribution is 4.65. The highest BCUT2D eigenvalue weighted by Crippen LogP contribution is 1.89. The van der Waals surface area contributed by atoms with Crippen molar-refractivity contribution in [3.8, 4) is 0 Å². The Balaban J connectivity index is 2.63. The fourth-order valence-electron chi connectivity index (χ4n) is 0.518. The van der Waals surface area contributed by atoms with Gasteiger partial charge in [-0.25, -0.2) is 0 Å². The van der Waals surface area contributed by atoms with Gasteiger partial charge in [-0.1, -0.05) is 0 Å². The van der Waals surface area contributed by atoms with Gasteiger partial charge in [-0.15, -0.1) is 9.58 Å². The van der Waals surface area contributed by atoms with Gasteiger partial charge in [-0.3, -0.25) is 0 Å². The number of nitrogens with zero attached hydrogens (tertiary/aromatic N) is 7. The normalized spacial score (nSPS) is 9.23. The minimum Gasteiger partial charge on any atom is -0.355 e. The molecular formula is C2H2N7O4-. The van der Waals surface area contributed by atoms with Gasteiger partial charge in [0.15, 0.2) is 12.4 Å². The van der Waals surface area contributed by atoms with Gasteiger partial charge in [-0.2, -0.15) is 0 Å². The van der Waals surface area contributed by atoms with Crippen LogP contribution in [0.25, 0.3) is 11.1 Å². The van der Waals surface area contributed by atoms with Crippen LogP contribution in [-0.2, 0) is 0 Å². The zero-order chi connectivity index (χ0) is 9.84. The summed E-state index contributed by atoms with van der Waals surface area (Å²) in [6.07, 6.45) is 2.08. The lowest BCUT2D eigenvalue weighted by Gasteiger charge is -1.98. The molecule has 0 amide bonds. The second-order valence-electron chi connectivity index (χ2n) is 1.68. The van der Waals surface area contributed by atoms with E-state index >= 15 is 0 Å². The monoisotopic (exact) mass is 188 g/mol. The van der Waals surface area contributed by atoms with E-state index in [1.54, 1.807) is 0 Å². The van der Waals surface area contributed by atoms with Crippen LogP contribution >= 0.6 is 0 Å². The highest BCUT2D eigenvalue weighted by Gasteiger charge is 2.01. The van der Waals surface area contributed by atoms with E-state index in [0.717, 1.165) is 12.4 Å². The lowest BCUT2D eigenvalue weighted by molar-refractivity contribution is -0.781. The van der Waals surface area contributed by atoms with Gasteiger partial charge >= 0.3 is 0 Å². The molecular weight excluding hydrogens is 186 g/mol. The lowest BCUT2D eigenvalue weighted by Crippen LogP contribution is -2.34. The van der Waals surface area contributed by atoms with Gasteiger partial charge in [0.05, 0.1) is 0 Å². The van der Waals surface area contributed by atoms with Gasteiger partial charge in [0, 0.05) is 10.6 Å². The first-order valence-electron chi connectivity index (χ1n) is 2.78. The molecule has 1 aromatic rings. The van der Waals surface area contributed by atoms with Crippen molar-refractivity contribution in [2.24, 2.45) is 0 Å². The Morgan fingerprint density at radius 3 is 2.62 bits per heavy atom. The summed E-state index contributed by atoms with van der Waals surface area (Å²) in [5.41, 5.74) is 5.42. The van der Waals surface area contributed by atoms with Crippen molar-refractivity contribution < 1.29 is 14.9 Å². The van der Waals surface area contributed by atoms with Crippen LogP contribution in [0.15, 0.2) is 12.4 Å². The quantitative estimate of drug-likeness (QED) is 0.333. The predicted molar refractivity (Wildman–Crippen MR) is 33.9 cm³/mol. The van der Waals surface area contributed by atoms with Crippen LogP contribution in [0.3, 0.4) is 0 Å². The smallest absolute Gasteiger partial charge is 0.185 e. The first-order chi connectivity index (χ1) is 6.08. The van der Waals surface area contributed by atoms with E-state index in [2.05, 4.69) is 16.3 Å². The molecule has 13 heavy (non-hydrogen) atoms. The molecule has 0 bridgehead atoms. The Labute approximate surface area is 69.7 Å². The van der Waals surface area contributed by atoms with Gasteiger partial charge in [0.1, 0.15) is 0 Å². The minimum atomic E-state index is -0.997. The summed E-state index contributed by atoms with van der Waals surface area (Å²) in [6.45, 7) is 0. The highest BCUT2D eigenvalue weighted by atomic mass is 16.7. The van der Waals surface area contributed by atoms with Gasteiger partial charge in [0.2, 0.25) is 0 Å². The lowest BCUT2D eigenvalue weighted by atomic mass is 10.9. The standard InChI is InChI=1S/C2H2N7O4/c10-8(11)4-6-1-2-7(3-6)5-9(12)13/h1-2H/q-1. The summed E-state index contributed by atoms with van der Waals surface area (Å²) in [5, 5.41) is 20.8. The first kappa shape index (κ1) is 8.63. The van der Waals surface area contributed by atoms with E-state index in [1.165, 1.54) is 0 Å². The summed E-state index contributed by atoms with van der Waals surface area (Å²) in [7, 11) is 0. The molecule has 0 radical (unpaired) electrons. The van der Waals surface area contributed by atoms with Crippen molar-refractivity contribution in [3.05, 3.63) is 43.7 Å². The summed E-state index contributed by atoms with van der Waals surface area (Å²) >= 11 is 0. The van der Waals surface area contributed by atoms with Crippen LogP contribution in [0.1, 0.15) is 0 Å². The Bertz CT molecular complexity index is 300. The Hall–Kier alpha value is -2.46. The molecule has 0 atom stereocenters. The average Bonchev–Trinajstić information content (AvgIpc) is 2.33. The Kier molecular flexibility index (Phi) is 2.19. The minimum absolute atomic E-state index is 0.535. The number of hydrogen-bond donors (Lipinski definition) is 0. The molecule has 0 aliphatic rings. The molecule has 0 N–H and O–H groups in total. The maximum Gasteiger partial charge on any atom is 0.185 e. The van der Waals surface area contributed by atoms with E-state index in [-0.39, 0.29) is 0 Å². The molecule has 11 nitrogen and oxygen atoms in total. The SMILES string of the molecule is O=[N+]([O-])[N-]n1cc[n+]([N-][N+](=O)[O-])n1. The third-order valence-electron chi connectivity index (χ3n) is 0.846. The van der Waals surface area contributed by atoms with Crippen LogP contribution < -0.4 is 4.79 Å². The number of nitro groups is 2. The van der Waals surface area contributed by atoms with Crippen molar-refractivity contribution in [1.82, 2.24) is 10.0 Å². The van der Waals surface area contributed by atoms with Crippen molar-refractivity contribution in [2.75, 3.05) is 0 Å². The van der Waals surface area contributed by atoms with Gasteiger partial charge < -0.3 is 20.2 Å². The van der Waals surface area contributed by atoms with Crippen molar-refractivity contribution in [3.63, 3.8) is 0 Å². The fourth-order valence-corrected chi connectivity index (χ4v) is 0.518. The van der Waals surface area contributed by atoms with Crippen LogP contribution in [0.5, 0.6) is 0 Å². The van der Waals surface area contributed by atoms with Crippen LogP contribution in [0, 0.1) is 20.2 Å². The molecule has 0 spiro atoms. The summed E-state index contributed by atoms with van der Waals surface area (Å²) in [6, 6.07) is 0. The van der Waals surface area contributed by atoms with Crippen molar-refractivity contribution in [1.29, 1.82) is 0 Å². The molecule has 0 unspecified atom stereocenters. The summed E-state index contributed by atoms with van der Waals surface area (Å²) in [5.74, 6) is 0. The van der Waals surface area contributed by atoms with Gasteiger partial charge in [0.25, 0.3) is 0 Å². The number of hydrogen-bond acceptors (Lipinski definition) is 5. The third-order valence-corrected chi connectivity index (χ3v) is 0.846. The summed E-state index contributed by atoms with van der Waals surface area (Å²) in [4.78, 5) is 20.7. The fraction of sp³-hybridized carbons (Fsp3) is 0. The van der Waals surface area contributed by atoms with E-state index in [4.69, 9.17) is 0 Å². The van der Waals surface area contributed by atoms with Crippen molar-refractivity contribution >= 4 is 0 Å². The molecule has 1 heterocycles. The van der Waals surface area contributed by atoms with Gasteiger partial charge in [-0.05, 0) is 15.8 Å². The van der Waals surface area contributed by atoms with E-state index in [0.29, 0.717) is 9.58 Å². The zero-order valence-corrected chi connectivity index (χ0v) is 5.92. The topological polar surface area (TPSA) is 136 Å². The van der Waals surface area contributed by atoms with E-state index in [1.807, 2.05) is 0 Å². The Morgan fingerprint density at radius 2 is 2.08 bits per heavy atom. The Morgan fingerprint density at radius 1 is 1.38 bits per heavy atom. The molecule has 0 fully saturated rings. The average molecular weight is 188 g/mol. The van der Waals surface area contributed by atoms with Crippen LogP contribution in [0.4, 0.5) is 0 Å². The molecule has 1 rings (SSSR count). The number of rotatable bonds is 4. The first-order valence-corrected chi connectivity index (χ1v) is 2.78. The maximum atomic E-state index is 9.80. The summed E-state index contributed by atoms with van der Waals surface area (Å²) < 4.78 is 0. The van der Waals surface area contributed by atoms with Crippen LogP contribution in [0.2, 0.25) is 0 Å². The molecule has 11 heteroatoms.